The molecular formula is C17H27Cl3N2O2. The van der Waals surface area contributed by atoms with Gasteiger partial charge >= 0.3 is 0 Å². The van der Waals surface area contributed by atoms with Crippen LogP contribution in [0.2, 0.25) is 5.02 Å². The van der Waals surface area contributed by atoms with Crippen LogP contribution in [0.4, 0.5) is 0 Å². The quantitative estimate of drug-likeness (QED) is 0.788. The van der Waals surface area contributed by atoms with Crippen LogP contribution in [0.15, 0.2) is 12.1 Å². The van der Waals surface area contributed by atoms with Gasteiger partial charge in [-0.25, -0.2) is 0 Å². The maximum atomic E-state index is 6.66. The van der Waals surface area contributed by atoms with Gasteiger partial charge in [-0.2, -0.15) is 0 Å². The summed E-state index contributed by atoms with van der Waals surface area (Å²) in [5, 5.41) is 4.13. The Balaban J connectivity index is 0.00000144. The van der Waals surface area contributed by atoms with Crippen LogP contribution >= 0.6 is 36.4 Å². The van der Waals surface area contributed by atoms with Crippen LogP contribution < -0.4 is 14.8 Å². The molecule has 0 aromatic heterocycles. The normalized spacial score (nSPS) is 19.0. The summed E-state index contributed by atoms with van der Waals surface area (Å²) < 4.78 is 10.8. The Morgan fingerprint density at radius 3 is 2.38 bits per heavy atom. The van der Waals surface area contributed by atoms with Crippen molar-refractivity contribution in [3.05, 3.63) is 22.7 Å². The summed E-state index contributed by atoms with van der Waals surface area (Å²) in [5.41, 5.74) is 1.17. The number of rotatable bonds is 6. The van der Waals surface area contributed by atoms with Crippen molar-refractivity contribution in [2.24, 2.45) is 5.92 Å². The highest BCUT2D eigenvalue weighted by atomic mass is 35.5. The van der Waals surface area contributed by atoms with Crippen LogP contribution in [0.3, 0.4) is 0 Å². The molecule has 0 unspecified atom stereocenters. The highest BCUT2D eigenvalue weighted by Gasteiger charge is 2.32. The predicted molar refractivity (Wildman–Crippen MR) is 104 cm³/mol. The number of hydrogen-bond donors (Lipinski definition) is 1. The van der Waals surface area contributed by atoms with E-state index in [0.29, 0.717) is 22.6 Å². The molecule has 1 saturated carbocycles. The maximum Gasteiger partial charge on any atom is 0.179 e. The lowest BCUT2D eigenvalue weighted by molar-refractivity contribution is 0.160. The first-order valence-electron chi connectivity index (χ1n) is 8.09. The number of benzene rings is 1. The van der Waals surface area contributed by atoms with Gasteiger partial charge in [0, 0.05) is 32.2 Å². The molecule has 1 aromatic rings. The third kappa shape index (κ3) is 4.83. The molecule has 0 spiro atoms. The number of ether oxygens (including phenoxy) is 2. The molecule has 1 saturated heterocycles. The Morgan fingerprint density at radius 1 is 1.17 bits per heavy atom. The second-order valence-electron chi connectivity index (χ2n) is 6.19. The van der Waals surface area contributed by atoms with Crippen molar-refractivity contribution >= 4 is 36.4 Å². The van der Waals surface area contributed by atoms with E-state index in [-0.39, 0.29) is 24.8 Å². The molecule has 0 amide bonds. The first kappa shape index (κ1) is 21.7. The zero-order valence-corrected chi connectivity index (χ0v) is 16.6. The van der Waals surface area contributed by atoms with E-state index in [0.717, 1.165) is 32.1 Å². The molecule has 2 fully saturated rings. The SMILES string of the molecule is COc1ccc([C@H](CC2CC2)N2CCNCC2)c(Cl)c1OC.Cl.Cl. The highest BCUT2D eigenvalue weighted by Crippen LogP contribution is 2.45. The average molecular weight is 398 g/mol. The number of nitrogens with zero attached hydrogens (tertiary/aromatic N) is 1. The van der Waals surface area contributed by atoms with Gasteiger partial charge in [0.25, 0.3) is 0 Å². The van der Waals surface area contributed by atoms with Crippen LogP contribution in [0, 0.1) is 5.92 Å². The lowest BCUT2D eigenvalue weighted by atomic mass is 9.98. The van der Waals surface area contributed by atoms with E-state index in [1.165, 1.54) is 24.8 Å². The predicted octanol–water partition coefficient (Wildman–Crippen LogP) is 3.95. The molecule has 0 bridgehead atoms. The van der Waals surface area contributed by atoms with Gasteiger partial charge < -0.3 is 14.8 Å². The third-order valence-corrected chi connectivity index (χ3v) is 5.11. The Kier molecular flexibility index (Phi) is 8.96. The van der Waals surface area contributed by atoms with Crippen molar-refractivity contribution in [1.29, 1.82) is 0 Å². The molecule has 1 atom stereocenters. The Labute approximate surface area is 162 Å². The number of methoxy groups -OCH3 is 2. The lowest BCUT2D eigenvalue weighted by Crippen LogP contribution is -2.45. The standard InChI is InChI=1S/C17H25ClN2O2.2ClH/c1-21-15-6-5-13(16(18)17(15)22-2)14(11-12-3-4-12)20-9-7-19-8-10-20;;/h5-6,12,14,19H,3-4,7-11H2,1-2H3;2*1H/t14-;;/m0../s1. The van der Waals surface area contributed by atoms with Gasteiger partial charge in [-0.1, -0.05) is 30.5 Å². The van der Waals surface area contributed by atoms with Gasteiger partial charge in [-0.15, -0.1) is 24.8 Å². The van der Waals surface area contributed by atoms with Crippen molar-refractivity contribution in [2.45, 2.75) is 25.3 Å². The molecule has 1 heterocycles. The van der Waals surface area contributed by atoms with Crippen molar-refractivity contribution < 1.29 is 9.47 Å². The summed E-state index contributed by atoms with van der Waals surface area (Å²) in [5.74, 6) is 2.20. The van der Waals surface area contributed by atoms with E-state index in [1.807, 2.05) is 6.07 Å². The van der Waals surface area contributed by atoms with E-state index in [2.05, 4.69) is 16.3 Å². The van der Waals surface area contributed by atoms with Crippen LogP contribution in [0.5, 0.6) is 11.5 Å². The molecule has 2 aliphatic rings. The molecule has 3 rings (SSSR count). The molecule has 4 nitrogen and oxygen atoms in total. The molecule has 7 heteroatoms. The van der Waals surface area contributed by atoms with Gasteiger partial charge in [0.05, 0.1) is 19.2 Å². The zero-order chi connectivity index (χ0) is 15.5. The summed E-state index contributed by atoms with van der Waals surface area (Å²) in [6.07, 6.45) is 3.90. The summed E-state index contributed by atoms with van der Waals surface area (Å²) >= 11 is 6.66. The zero-order valence-electron chi connectivity index (χ0n) is 14.2. The first-order chi connectivity index (χ1) is 10.7. The molecule has 0 radical (unpaired) electrons. The molecule has 1 aliphatic heterocycles. The second kappa shape index (κ2) is 9.93. The van der Waals surface area contributed by atoms with Crippen LogP contribution in [0.25, 0.3) is 0 Å². The summed E-state index contributed by atoms with van der Waals surface area (Å²) in [6.45, 7) is 4.24. The van der Waals surface area contributed by atoms with Gasteiger partial charge in [0.2, 0.25) is 0 Å². The minimum atomic E-state index is 0. The van der Waals surface area contributed by atoms with Crippen LogP contribution in [-0.2, 0) is 0 Å². The third-order valence-electron chi connectivity index (χ3n) is 4.72. The second-order valence-corrected chi connectivity index (χ2v) is 6.56. The topological polar surface area (TPSA) is 33.7 Å². The molecule has 1 aliphatic carbocycles. The molecular weight excluding hydrogens is 371 g/mol. The minimum Gasteiger partial charge on any atom is -0.493 e. The summed E-state index contributed by atoms with van der Waals surface area (Å²) in [6, 6.07) is 4.46. The van der Waals surface area contributed by atoms with Crippen molar-refractivity contribution in [3.8, 4) is 11.5 Å². The minimum absolute atomic E-state index is 0. The van der Waals surface area contributed by atoms with E-state index in [4.69, 9.17) is 21.1 Å². The smallest absolute Gasteiger partial charge is 0.179 e. The van der Waals surface area contributed by atoms with Crippen LogP contribution in [0.1, 0.15) is 30.9 Å². The fraction of sp³-hybridized carbons (Fsp3) is 0.647. The number of piperazine rings is 1. The summed E-state index contributed by atoms with van der Waals surface area (Å²) in [4.78, 5) is 2.56. The van der Waals surface area contributed by atoms with Crippen molar-refractivity contribution in [1.82, 2.24) is 10.2 Å². The van der Waals surface area contributed by atoms with Gasteiger partial charge in [0.15, 0.2) is 11.5 Å². The molecule has 1 aromatic carbocycles. The molecule has 1 N–H and O–H groups in total. The fourth-order valence-electron chi connectivity index (χ4n) is 3.30. The highest BCUT2D eigenvalue weighted by molar-refractivity contribution is 6.33. The monoisotopic (exact) mass is 396 g/mol. The van der Waals surface area contributed by atoms with E-state index in [1.54, 1.807) is 14.2 Å². The Morgan fingerprint density at radius 2 is 1.83 bits per heavy atom. The Hall–Kier alpha value is -0.390. The summed E-state index contributed by atoms with van der Waals surface area (Å²) in [7, 11) is 3.29. The number of halogens is 3. The van der Waals surface area contributed by atoms with E-state index >= 15 is 0 Å². The molecule has 138 valence electrons. The van der Waals surface area contributed by atoms with Gasteiger partial charge in [0.1, 0.15) is 0 Å². The number of hydrogen-bond acceptors (Lipinski definition) is 4. The van der Waals surface area contributed by atoms with Crippen molar-refractivity contribution in [2.75, 3.05) is 40.4 Å². The fourth-order valence-corrected chi connectivity index (χ4v) is 3.66. The van der Waals surface area contributed by atoms with Crippen molar-refractivity contribution in [3.63, 3.8) is 0 Å². The largest absolute Gasteiger partial charge is 0.493 e. The Bertz CT molecular complexity index is 521. The first-order valence-corrected chi connectivity index (χ1v) is 8.47. The maximum absolute atomic E-state index is 6.66. The molecule has 24 heavy (non-hydrogen) atoms. The van der Waals surface area contributed by atoms with Crippen LogP contribution in [-0.4, -0.2) is 45.3 Å². The lowest BCUT2D eigenvalue weighted by Gasteiger charge is -2.36. The van der Waals surface area contributed by atoms with Gasteiger partial charge in [-0.05, 0) is 24.0 Å². The van der Waals surface area contributed by atoms with E-state index in [9.17, 15) is 0 Å². The average Bonchev–Trinajstić information content (AvgIpc) is 3.37. The number of nitrogens with one attached hydrogen (secondary N) is 1. The van der Waals surface area contributed by atoms with Gasteiger partial charge in [-0.3, -0.25) is 4.90 Å². The van der Waals surface area contributed by atoms with E-state index < -0.39 is 0 Å².